The maximum atomic E-state index is 4.44. The zero-order valence-electron chi connectivity index (χ0n) is 13.7. The molecule has 0 radical (unpaired) electrons. The number of fused-ring (bicyclic) bond motifs is 1. The van der Waals surface area contributed by atoms with Crippen molar-refractivity contribution in [1.82, 2.24) is 19.8 Å². The molecule has 0 saturated carbocycles. The molecule has 23 heavy (non-hydrogen) atoms. The number of anilines is 1. The Hall–Kier alpha value is -2.08. The minimum Gasteiger partial charge on any atom is -0.381 e. The molecule has 3 rings (SSSR count). The summed E-state index contributed by atoms with van der Waals surface area (Å²) < 4.78 is 1.73. The fourth-order valence-electron chi connectivity index (χ4n) is 2.47. The van der Waals surface area contributed by atoms with Gasteiger partial charge in [-0.1, -0.05) is 24.3 Å². The summed E-state index contributed by atoms with van der Waals surface area (Å²) in [6, 6.07) is 8.56. The Morgan fingerprint density at radius 2 is 2.00 bits per heavy atom. The summed E-state index contributed by atoms with van der Waals surface area (Å²) in [7, 11) is 0. The van der Waals surface area contributed by atoms with E-state index in [-0.39, 0.29) is 0 Å². The minimum atomic E-state index is 0.789. The molecule has 0 amide bonds. The second-order valence-corrected chi connectivity index (χ2v) is 6.70. The molecule has 0 atom stereocenters. The first-order valence-electron chi connectivity index (χ1n) is 7.70. The predicted octanol–water partition coefficient (Wildman–Crippen LogP) is 3.39. The highest BCUT2D eigenvalue weighted by atomic mass is 32.2. The van der Waals surface area contributed by atoms with Gasteiger partial charge in [-0.25, -0.2) is 0 Å². The largest absolute Gasteiger partial charge is 0.381 e. The van der Waals surface area contributed by atoms with Crippen molar-refractivity contribution >= 4 is 23.1 Å². The molecule has 120 valence electrons. The van der Waals surface area contributed by atoms with Gasteiger partial charge < -0.3 is 5.32 Å². The monoisotopic (exact) mass is 327 g/mol. The molecule has 6 heteroatoms. The molecule has 0 spiro atoms. The standard InChI is InChI=1S/C17H21N5S/c1-12-6-4-5-7-15(12)10-23-9-8-18-16-13(2)14(3)21-22-11-19-20-17(16)22/h4-7,11,18H,8-10H2,1-3H3. The van der Waals surface area contributed by atoms with E-state index in [1.807, 2.05) is 18.7 Å². The van der Waals surface area contributed by atoms with Crippen LogP contribution >= 0.6 is 11.8 Å². The molecule has 3 aromatic rings. The lowest BCUT2D eigenvalue weighted by molar-refractivity contribution is 0.882. The van der Waals surface area contributed by atoms with E-state index in [1.54, 1.807) is 10.8 Å². The van der Waals surface area contributed by atoms with E-state index in [0.29, 0.717) is 0 Å². The maximum absolute atomic E-state index is 4.44. The van der Waals surface area contributed by atoms with Crippen LogP contribution in [0, 0.1) is 20.8 Å². The third kappa shape index (κ3) is 3.47. The van der Waals surface area contributed by atoms with E-state index in [9.17, 15) is 0 Å². The molecule has 2 heterocycles. The van der Waals surface area contributed by atoms with Gasteiger partial charge in [0.05, 0.1) is 11.4 Å². The van der Waals surface area contributed by atoms with Crippen LogP contribution in [0.1, 0.15) is 22.4 Å². The van der Waals surface area contributed by atoms with E-state index in [0.717, 1.165) is 40.6 Å². The third-order valence-corrected chi connectivity index (χ3v) is 5.00. The highest BCUT2D eigenvalue weighted by Crippen LogP contribution is 2.22. The summed E-state index contributed by atoms with van der Waals surface area (Å²) in [4.78, 5) is 0. The van der Waals surface area contributed by atoms with Gasteiger partial charge in [-0.15, -0.1) is 10.2 Å². The number of aromatic nitrogens is 4. The Bertz CT molecular complexity index is 812. The van der Waals surface area contributed by atoms with Gasteiger partial charge in [0.25, 0.3) is 0 Å². The van der Waals surface area contributed by atoms with Crippen LogP contribution in [0.5, 0.6) is 0 Å². The molecule has 0 aliphatic heterocycles. The van der Waals surface area contributed by atoms with Gasteiger partial charge in [-0.2, -0.15) is 21.4 Å². The number of hydrogen-bond acceptors (Lipinski definition) is 5. The number of aryl methyl sites for hydroxylation is 2. The Morgan fingerprint density at radius 3 is 2.83 bits per heavy atom. The molecule has 2 aromatic heterocycles. The van der Waals surface area contributed by atoms with Crippen LogP contribution < -0.4 is 5.32 Å². The van der Waals surface area contributed by atoms with Gasteiger partial charge in [0.15, 0.2) is 0 Å². The number of thioether (sulfide) groups is 1. The van der Waals surface area contributed by atoms with Crippen molar-refractivity contribution in [1.29, 1.82) is 0 Å². The summed E-state index contributed by atoms with van der Waals surface area (Å²) in [6.07, 6.45) is 1.64. The Balaban J connectivity index is 1.58. The second-order valence-electron chi connectivity index (χ2n) is 5.59. The molecule has 5 nitrogen and oxygen atoms in total. The van der Waals surface area contributed by atoms with Crippen LogP contribution in [0.25, 0.3) is 5.65 Å². The van der Waals surface area contributed by atoms with Crippen LogP contribution in [-0.2, 0) is 5.75 Å². The third-order valence-electron chi connectivity index (χ3n) is 4.00. The van der Waals surface area contributed by atoms with Crippen molar-refractivity contribution in [3.05, 3.63) is 53.0 Å². The van der Waals surface area contributed by atoms with Gasteiger partial charge in [0.1, 0.15) is 6.33 Å². The fraction of sp³-hybridized carbons (Fsp3) is 0.353. The van der Waals surface area contributed by atoms with Gasteiger partial charge in [-0.05, 0) is 37.5 Å². The SMILES string of the molecule is Cc1ccccc1CSCCNc1c(C)c(C)nn2cnnc12. The fourth-order valence-corrected chi connectivity index (χ4v) is 3.40. The van der Waals surface area contributed by atoms with Crippen LogP contribution in [0.2, 0.25) is 0 Å². The van der Waals surface area contributed by atoms with Crippen LogP contribution in [0.3, 0.4) is 0 Å². The first-order valence-corrected chi connectivity index (χ1v) is 8.85. The first kappa shape index (κ1) is 15.8. The highest BCUT2D eigenvalue weighted by molar-refractivity contribution is 7.98. The van der Waals surface area contributed by atoms with Crippen molar-refractivity contribution in [2.45, 2.75) is 26.5 Å². The van der Waals surface area contributed by atoms with Gasteiger partial charge in [0.2, 0.25) is 5.65 Å². The van der Waals surface area contributed by atoms with E-state index < -0.39 is 0 Å². The minimum absolute atomic E-state index is 0.789. The topological polar surface area (TPSA) is 55.1 Å². The summed E-state index contributed by atoms with van der Waals surface area (Å²) in [5.74, 6) is 2.08. The highest BCUT2D eigenvalue weighted by Gasteiger charge is 2.10. The maximum Gasteiger partial charge on any atom is 0.200 e. The molecule has 1 aromatic carbocycles. The molecule has 1 N–H and O–H groups in total. The zero-order valence-corrected chi connectivity index (χ0v) is 14.5. The molecule has 0 bridgehead atoms. The lowest BCUT2D eigenvalue weighted by atomic mass is 10.1. The van der Waals surface area contributed by atoms with Crippen molar-refractivity contribution < 1.29 is 0 Å². The average molecular weight is 327 g/mol. The van der Waals surface area contributed by atoms with Crippen molar-refractivity contribution in [3.63, 3.8) is 0 Å². The predicted molar refractivity (Wildman–Crippen MR) is 96.1 cm³/mol. The smallest absolute Gasteiger partial charge is 0.200 e. The number of benzene rings is 1. The Kier molecular flexibility index (Phi) is 4.81. The van der Waals surface area contributed by atoms with Gasteiger partial charge in [-0.3, -0.25) is 0 Å². The molecule has 0 saturated heterocycles. The van der Waals surface area contributed by atoms with E-state index in [2.05, 4.69) is 58.7 Å². The first-order chi connectivity index (χ1) is 11.2. The quantitative estimate of drug-likeness (QED) is 0.703. The van der Waals surface area contributed by atoms with Crippen molar-refractivity contribution in [2.75, 3.05) is 17.6 Å². The second kappa shape index (κ2) is 7.00. The lowest BCUT2D eigenvalue weighted by Crippen LogP contribution is -2.10. The molecule has 0 aliphatic rings. The Morgan fingerprint density at radius 1 is 1.17 bits per heavy atom. The average Bonchev–Trinajstić information content (AvgIpc) is 3.00. The summed E-state index contributed by atoms with van der Waals surface area (Å²) >= 11 is 1.94. The molecule has 0 fully saturated rings. The molecule has 0 aliphatic carbocycles. The summed E-state index contributed by atoms with van der Waals surface area (Å²) in [6.45, 7) is 7.13. The van der Waals surface area contributed by atoms with Gasteiger partial charge >= 0.3 is 0 Å². The van der Waals surface area contributed by atoms with Crippen molar-refractivity contribution in [3.8, 4) is 0 Å². The van der Waals surface area contributed by atoms with E-state index in [1.165, 1.54) is 11.1 Å². The zero-order chi connectivity index (χ0) is 16.2. The lowest BCUT2D eigenvalue weighted by Gasteiger charge is -2.12. The Labute approximate surface area is 140 Å². The molecular formula is C17H21N5S. The normalized spacial score (nSPS) is 11.1. The number of nitrogens with zero attached hydrogens (tertiary/aromatic N) is 4. The van der Waals surface area contributed by atoms with Crippen LogP contribution in [0.4, 0.5) is 5.69 Å². The van der Waals surface area contributed by atoms with Crippen LogP contribution in [-0.4, -0.2) is 32.1 Å². The van der Waals surface area contributed by atoms with Crippen molar-refractivity contribution in [2.24, 2.45) is 0 Å². The van der Waals surface area contributed by atoms with Gasteiger partial charge in [0, 0.05) is 18.1 Å². The summed E-state index contributed by atoms with van der Waals surface area (Å²) in [5, 5.41) is 16.0. The molecular weight excluding hydrogens is 306 g/mol. The summed E-state index contributed by atoms with van der Waals surface area (Å²) in [5.41, 5.74) is 6.72. The number of rotatable bonds is 6. The number of hydrogen-bond donors (Lipinski definition) is 1. The van der Waals surface area contributed by atoms with E-state index >= 15 is 0 Å². The molecule has 0 unspecified atom stereocenters. The van der Waals surface area contributed by atoms with Crippen LogP contribution in [0.15, 0.2) is 30.6 Å². The van der Waals surface area contributed by atoms with E-state index in [4.69, 9.17) is 0 Å². The number of nitrogens with one attached hydrogen (secondary N) is 1.